The molecule has 2 heterocycles. The summed E-state index contributed by atoms with van der Waals surface area (Å²) in [6.07, 6.45) is 1.01. The van der Waals surface area contributed by atoms with E-state index >= 15 is 0 Å². The largest absolute Gasteiger partial charge is 0.487 e. The molecule has 158 valence electrons. The van der Waals surface area contributed by atoms with Crippen molar-refractivity contribution in [3.63, 3.8) is 0 Å². The van der Waals surface area contributed by atoms with Crippen LogP contribution in [0.2, 0.25) is 0 Å². The van der Waals surface area contributed by atoms with Crippen molar-refractivity contribution >= 4 is 23.1 Å². The fourth-order valence-electron chi connectivity index (χ4n) is 2.93. The van der Waals surface area contributed by atoms with Gasteiger partial charge >= 0.3 is 12.1 Å². The maximum absolute atomic E-state index is 11.8. The van der Waals surface area contributed by atoms with Crippen molar-refractivity contribution in [2.24, 2.45) is 0 Å². The fourth-order valence-corrected chi connectivity index (χ4v) is 2.93. The van der Waals surface area contributed by atoms with Crippen molar-refractivity contribution in [2.75, 3.05) is 6.54 Å². The third-order valence-corrected chi connectivity index (χ3v) is 4.18. The van der Waals surface area contributed by atoms with Gasteiger partial charge in [0, 0.05) is 18.5 Å². The van der Waals surface area contributed by atoms with Crippen molar-refractivity contribution in [3.05, 3.63) is 59.9 Å². The van der Waals surface area contributed by atoms with Gasteiger partial charge < -0.3 is 24.5 Å². The summed E-state index contributed by atoms with van der Waals surface area (Å²) in [5.41, 5.74) is 1.01. The molecule has 2 aromatic heterocycles. The molecule has 0 unspecified atom stereocenters. The van der Waals surface area contributed by atoms with Gasteiger partial charge in [-0.3, -0.25) is 0 Å². The molecule has 0 radical (unpaired) electrons. The molecule has 1 amide bonds. The quantitative estimate of drug-likeness (QED) is 0.612. The van der Waals surface area contributed by atoms with E-state index in [9.17, 15) is 14.7 Å². The lowest BCUT2D eigenvalue weighted by Crippen LogP contribution is -2.34. The smallest absolute Gasteiger partial charge is 0.407 e. The zero-order valence-electron chi connectivity index (χ0n) is 17.2. The number of rotatable bonds is 7. The van der Waals surface area contributed by atoms with Crippen LogP contribution in [-0.2, 0) is 17.9 Å². The van der Waals surface area contributed by atoms with Crippen LogP contribution in [0.3, 0.4) is 0 Å². The van der Waals surface area contributed by atoms with Gasteiger partial charge in [0.15, 0.2) is 0 Å². The first-order chi connectivity index (χ1) is 14.2. The Hall–Kier alpha value is -3.55. The van der Waals surface area contributed by atoms with Crippen molar-refractivity contribution in [1.29, 1.82) is 0 Å². The molecule has 0 bridgehead atoms. The molecule has 0 aliphatic heterocycles. The van der Waals surface area contributed by atoms with E-state index in [-0.39, 0.29) is 18.8 Å². The second-order valence-electron chi connectivity index (χ2n) is 7.77. The molecular weight excluding hydrogens is 386 g/mol. The number of carboxylic acid groups (broad SMARTS) is 1. The maximum Gasteiger partial charge on any atom is 0.407 e. The van der Waals surface area contributed by atoms with E-state index in [0.29, 0.717) is 23.4 Å². The summed E-state index contributed by atoms with van der Waals surface area (Å²) in [6, 6.07) is 13.0. The first kappa shape index (κ1) is 21.2. The van der Waals surface area contributed by atoms with Gasteiger partial charge in [-0.1, -0.05) is 30.3 Å². The van der Waals surface area contributed by atoms with Gasteiger partial charge in [0.05, 0.1) is 6.20 Å². The molecule has 0 aliphatic carbocycles. The van der Waals surface area contributed by atoms with Gasteiger partial charge in [-0.05, 0) is 38.5 Å². The number of nitrogens with one attached hydrogen (secondary N) is 1. The number of ether oxygens (including phenoxy) is 2. The highest BCUT2D eigenvalue weighted by Crippen LogP contribution is 2.23. The Balaban J connectivity index is 1.72. The molecule has 0 saturated carbocycles. The first-order valence-corrected chi connectivity index (χ1v) is 9.59. The zero-order chi connectivity index (χ0) is 21.7. The normalized spacial score (nSPS) is 11.3. The molecule has 0 atom stereocenters. The number of fused-ring (bicyclic) bond motifs is 1. The molecule has 30 heavy (non-hydrogen) atoms. The third kappa shape index (κ3) is 5.50. The number of aromatic carboxylic acids is 1. The zero-order valence-corrected chi connectivity index (χ0v) is 17.2. The van der Waals surface area contributed by atoms with Crippen molar-refractivity contribution in [3.8, 4) is 5.75 Å². The van der Waals surface area contributed by atoms with E-state index in [0.717, 1.165) is 5.56 Å². The Kier molecular flexibility index (Phi) is 6.25. The average Bonchev–Trinajstić information content (AvgIpc) is 3.04. The standard InChI is InChI=1S/C22H25N3O5/c1-22(2,3)30-21(28)23-9-10-25-18(20(26)27)12-16-11-17(13-24-19(16)25)29-14-15-7-5-4-6-8-15/h4-8,11-13H,9-10,14H2,1-3H3,(H,23,28)(H,26,27). The highest BCUT2D eigenvalue weighted by atomic mass is 16.6. The number of nitrogens with zero attached hydrogens (tertiary/aromatic N) is 2. The molecule has 8 nitrogen and oxygen atoms in total. The van der Waals surface area contributed by atoms with E-state index in [1.54, 1.807) is 43.7 Å². The predicted octanol–water partition coefficient (Wildman–Crippen LogP) is 3.84. The lowest BCUT2D eigenvalue weighted by molar-refractivity contribution is 0.0526. The highest BCUT2D eigenvalue weighted by molar-refractivity contribution is 5.93. The Labute approximate surface area is 174 Å². The van der Waals surface area contributed by atoms with Gasteiger partial charge in [0.25, 0.3) is 0 Å². The van der Waals surface area contributed by atoms with Crippen molar-refractivity contribution < 1.29 is 24.2 Å². The van der Waals surface area contributed by atoms with E-state index in [4.69, 9.17) is 9.47 Å². The molecule has 0 aliphatic rings. The Morgan fingerprint density at radius 3 is 2.57 bits per heavy atom. The molecule has 8 heteroatoms. The van der Waals surface area contributed by atoms with Crippen LogP contribution in [0.4, 0.5) is 4.79 Å². The number of carbonyl (C=O) groups excluding carboxylic acids is 1. The number of pyridine rings is 1. The van der Waals surface area contributed by atoms with Gasteiger partial charge in [-0.15, -0.1) is 0 Å². The Bertz CT molecular complexity index is 1040. The SMILES string of the molecule is CC(C)(C)OC(=O)NCCn1c(C(=O)O)cc2cc(OCc3ccccc3)cnc21. The van der Waals surface area contributed by atoms with Crippen LogP contribution in [0.5, 0.6) is 5.75 Å². The number of carboxylic acids is 1. The second kappa shape index (κ2) is 8.86. The molecule has 1 aromatic carbocycles. The van der Waals surface area contributed by atoms with Crippen LogP contribution in [-0.4, -0.2) is 38.9 Å². The minimum absolute atomic E-state index is 0.0868. The number of aromatic nitrogens is 2. The number of amides is 1. The van der Waals surface area contributed by atoms with Gasteiger partial charge in [0.2, 0.25) is 0 Å². The summed E-state index contributed by atoms with van der Waals surface area (Å²) < 4.78 is 12.5. The molecule has 3 aromatic rings. The first-order valence-electron chi connectivity index (χ1n) is 9.59. The van der Waals surface area contributed by atoms with E-state index < -0.39 is 17.7 Å². The molecule has 3 rings (SSSR count). The van der Waals surface area contributed by atoms with Crippen molar-refractivity contribution in [1.82, 2.24) is 14.9 Å². The summed E-state index contributed by atoms with van der Waals surface area (Å²) in [5.74, 6) is -0.524. The Morgan fingerprint density at radius 2 is 1.90 bits per heavy atom. The fraction of sp³-hybridized carbons (Fsp3) is 0.318. The minimum Gasteiger partial charge on any atom is -0.487 e. The second-order valence-corrected chi connectivity index (χ2v) is 7.77. The average molecular weight is 411 g/mol. The van der Waals surface area contributed by atoms with Crippen LogP contribution in [0.1, 0.15) is 36.8 Å². The maximum atomic E-state index is 11.8. The topological polar surface area (TPSA) is 103 Å². The van der Waals surface area contributed by atoms with Gasteiger partial charge in [-0.2, -0.15) is 0 Å². The number of alkyl carbamates (subject to hydrolysis) is 1. The van der Waals surface area contributed by atoms with Crippen LogP contribution in [0.25, 0.3) is 11.0 Å². The summed E-state index contributed by atoms with van der Waals surface area (Å²) >= 11 is 0. The summed E-state index contributed by atoms with van der Waals surface area (Å²) in [6.45, 7) is 6.15. The molecule has 0 spiro atoms. The lowest BCUT2D eigenvalue weighted by Gasteiger charge is -2.19. The van der Waals surface area contributed by atoms with Crippen molar-refractivity contribution in [2.45, 2.75) is 39.5 Å². The highest BCUT2D eigenvalue weighted by Gasteiger charge is 2.18. The van der Waals surface area contributed by atoms with Crippen LogP contribution in [0.15, 0.2) is 48.7 Å². The summed E-state index contributed by atoms with van der Waals surface area (Å²) in [4.78, 5) is 27.9. The third-order valence-electron chi connectivity index (χ3n) is 4.18. The van der Waals surface area contributed by atoms with Gasteiger partial charge in [-0.25, -0.2) is 14.6 Å². The van der Waals surface area contributed by atoms with Crippen LogP contribution < -0.4 is 10.1 Å². The number of hydrogen-bond donors (Lipinski definition) is 2. The van der Waals surface area contributed by atoms with Crippen LogP contribution in [0, 0.1) is 0 Å². The molecule has 2 N–H and O–H groups in total. The van der Waals surface area contributed by atoms with Gasteiger partial charge in [0.1, 0.15) is 29.3 Å². The molecule has 0 saturated heterocycles. The number of benzene rings is 1. The van der Waals surface area contributed by atoms with E-state index in [1.807, 2.05) is 30.3 Å². The summed E-state index contributed by atoms with van der Waals surface area (Å²) in [7, 11) is 0. The number of carbonyl (C=O) groups is 2. The molecule has 0 fully saturated rings. The monoisotopic (exact) mass is 411 g/mol. The summed E-state index contributed by atoms with van der Waals surface area (Å²) in [5, 5.41) is 12.8. The minimum atomic E-state index is -1.07. The predicted molar refractivity (Wildman–Crippen MR) is 112 cm³/mol. The van der Waals surface area contributed by atoms with Crippen LogP contribution >= 0.6 is 0 Å². The van der Waals surface area contributed by atoms with E-state index in [2.05, 4.69) is 10.3 Å². The molecular formula is C22H25N3O5. The lowest BCUT2D eigenvalue weighted by atomic mass is 10.2. The Morgan fingerprint density at radius 1 is 1.17 bits per heavy atom. The number of hydrogen-bond acceptors (Lipinski definition) is 5. The van der Waals surface area contributed by atoms with E-state index in [1.165, 1.54) is 0 Å².